The van der Waals surface area contributed by atoms with Gasteiger partial charge in [-0.05, 0) is 43.7 Å². The van der Waals surface area contributed by atoms with Crippen molar-refractivity contribution in [3.8, 4) is 11.6 Å². The van der Waals surface area contributed by atoms with Gasteiger partial charge in [0.1, 0.15) is 11.3 Å². The Kier molecular flexibility index (Phi) is 6.59. The maximum absolute atomic E-state index is 13.6. The summed E-state index contributed by atoms with van der Waals surface area (Å²) in [6, 6.07) is 11.7. The average molecular weight is 466 g/mol. The zero-order chi connectivity index (χ0) is 23.6. The van der Waals surface area contributed by atoms with Crippen molar-refractivity contribution in [1.29, 1.82) is 0 Å². The van der Waals surface area contributed by atoms with Crippen LogP contribution in [0.25, 0.3) is 0 Å². The van der Waals surface area contributed by atoms with Crippen LogP contribution in [-0.2, 0) is 13.2 Å². The van der Waals surface area contributed by atoms with Crippen molar-refractivity contribution in [1.82, 2.24) is 15.1 Å². The molecule has 1 amide bonds. The van der Waals surface area contributed by atoms with E-state index in [1.54, 1.807) is 31.2 Å². The van der Waals surface area contributed by atoms with Gasteiger partial charge in [0.25, 0.3) is 5.91 Å². The lowest BCUT2D eigenvalue weighted by Crippen LogP contribution is -2.28. The number of carbonyl (C=O) groups excluding carboxylic acids is 2. The zero-order valence-corrected chi connectivity index (χ0v) is 18.1. The molecule has 1 heterocycles. The quantitative estimate of drug-likeness (QED) is 0.482. The molecule has 3 rings (SSSR count). The molecule has 32 heavy (non-hydrogen) atoms. The van der Waals surface area contributed by atoms with Crippen LogP contribution in [0.4, 0.5) is 13.2 Å². The standard InChI is InChI=1S/C22H19ClF3N3O3/c1-12(14-4-6-15(7-5-14)13(2)30)27-20(31)18-19(22(24,25)26)28-29(3)21(18)32-17-10-8-16(23)9-11-17/h4-12H,1-3H3,(H,27,31)/t12-/m0/s1. The molecule has 6 nitrogen and oxygen atoms in total. The van der Waals surface area contributed by atoms with Gasteiger partial charge in [-0.25, -0.2) is 4.68 Å². The Morgan fingerprint density at radius 3 is 2.22 bits per heavy atom. The number of aryl methyl sites for hydroxylation is 1. The predicted molar refractivity (Wildman–Crippen MR) is 112 cm³/mol. The molecule has 1 N–H and O–H groups in total. The number of hydrogen-bond donors (Lipinski definition) is 1. The first-order valence-corrected chi connectivity index (χ1v) is 9.84. The van der Waals surface area contributed by atoms with Gasteiger partial charge in [-0.15, -0.1) is 0 Å². The van der Waals surface area contributed by atoms with Crippen LogP contribution in [0.1, 0.15) is 51.9 Å². The Hall–Kier alpha value is -3.33. The van der Waals surface area contributed by atoms with Gasteiger partial charge in [-0.3, -0.25) is 9.59 Å². The lowest BCUT2D eigenvalue weighted by atomic mass is 10.0. The molecule has 0 aliphatic carbocycles. The van der Waals surface area contributed by atoms with Crippen LogP contribution in [0, 0.1) is 0 Å². The van der Waals surface area contributed by atoms with Gasteiger partial charge in [-0.1, -0.05) is 35.9 Å². The summed E-state index contributed by atoms with van der Waals surface area (Å²) in [4.78, 5) is 24.4. The molecule has 0 saturated heterocycles. The highest BCUT2D eigenvalue weighted by Gasteiger charge is 2.42. The highest BCUT2D eigenvalue weighted by molar-refractivity contribution is 6.30. The van der Waals surface area contributed by atoms with Gasteiger partial charge in [0.05, 0.1) is 6.04 Å². The summed E-state index contributed by atoms with van der Waals surface area (Å²) in [5.41, 5.74) is -0.999. The van der Waals surface area contributed by atoms with Crippen LogP contribution in [0.15, 0.2) is 48.5 Å². The van der Waals surface area contributed by atoms with Gasteiger partial charge in [-0.2, -0.15) is 18.3 Å². The number of alkyl halides is 3. The lowest BCUT2D eigenvalue weighted by molar-refractivity contribution is -0.141. The second-order valence-electron chi connectivity index (χ2n) is 7.08. The van der Waals surface area contributed by atoms with E-state index >= 15 is 0 Å². The fourth-order valence-electron chi connectivity index (χ4n) is 3.00. The average Bonchev–Trinajstić information content (AvgIpc) is 3.06. The maximum atomic E-state index is 13.6. The SMILES string of the molecule is CC(=O)c1ccc([C@H](C)NC(=O)c2c(C(F)(F)F)nn(C)c2Oc2ccc(Cl)cc2)cc1. The number of halogens is 4. The van der Waals surface area contributed by atoms with Gasteiger partial charge < -0.3 is 10.1 Å². The molecule has 1 atom stereocenters. The molecule has 10 heteroatoms. The predicted octanol–water partition coefficient (Wildman–Crippen LogP) is 5.58. The number of Topliss-reactive ketones (excluding diaryl/α,β-unsaturated/α-hetero) is 1. The molecule has 1 aromatic heterocycles. The van der Waals surface area contributed by atoms with Crippen molar-refractivity contribution in [2.24, 2.45) is 7.05 Å². The number of nitrogens with zero attached hydrogens (tertiary/aromatic N) is 2. The van der Waals surface area contributed by atoms with E-state index in [9.17, 15) is 22.8 Å². The monoisotopic (exact) mass is 465 g/mol. The Labute approximate surface area is 186 Å². The van der Waals surface area contributed by atoms with E-state index in [4.69, 9.17) is 16.3 Å². The fraction of sp³-hybridized carbons (Fsp3) is 0.227. The summed E-state index contributed by atoms with van der Waals surface area (Å²) in [5, 5.41) is 6.43. The van der Waals surface area contributed by atoms with Crippen LogP contribution in [-0.4, -0.2) is 21.5 Å². The number of hydrogen-bond acceptors (Lipinski definition) is 4. The van der Waals surface area contributed by atoms with Crippen LogP contribution in [0.5, 0.6) is 11.6 Å². The Morgan fingerprint density at radius 1 is 1.09 bits per heavy atom. The van der Waals surface area contributed by atoms with Crippen molar-refractivity contribution in [3.63, 3.8) is 0 Å². The first-order valence-electron chi connectivity index (χ1n) is 9.46. The molecule has 2 aromatic carbocycles. The number of nitrogens with one attached hydrogen (secondary N) is 1. The minimum Gasteiger partial charge on any atom is -0.438 e. The number of carbonyl (C=O) groups is 2. The minimum atomic E-state index is -4.88. The van der Waals surface area contributed by atoms with Crippen molar-refractivity contribution in [2.75, 3.05) is 0 Å². The normalized spacial score (nSPS) is 12.3. The number of ketones is 1. The second kappa shape index (κ2) is 9.04. The zero-order valence-electron chi connectivity index (χ0n) is 17.3. The molecule has 0 spiro atoms. The number of ether oxygens (including phenoxy) is 1. The number of benzene rings is 2. The van der Waals surface area contributed by atoms with E-state index in [1.165, 1.54) is 38.2 Å². The van der Waals surface area contributed by atoms with E-state index in [1.807, 2.05) is 0 Å². The van der Waals surface area contributed by atoms with Crippen LogP contribution in [0.3, 0.4) is 0 Å². The Balaban J connectivity index is 1.94. The number of amides is 1. The molecule has 0 aliphatic heterocycles. The van der Waals surface area contributed by atoms with Crippen molar-refractivity contribution < 1.29 is 27.5 Å². The third-order valence-electron chi connectivity index (χ3n) is 4.68. The van der Waals surface area contributed by atoms with Crippen molar-refractivity contribution in [2.45, 2.75) is 26.1 Å². The Bertz CT molecular complexity index is 1140. The number of rotatable bonds is 6. The molecule has 0 fully saturated rings. The minimum absolute atomic E-state index is 0.123. The summed E-state index contributed by atoms with van der Waals surface area (Å²) in [7, 11) is 1.25. The number of aromatic nitrogens is 2. The van der Waals surface area contributed by atoms with Gasteiger partial charge in [0, 0.05) is 17.6 Å². The van der Waals surface area contributed by atoms with E-state index in [-0.39, 0.29) is 17.4 Å². The smallest absolute Gasteiger partial charge is 0.436 e. The topological polar surface area (TPSA) is 73.2 Å². The summed E-state index contributed by atoms with van der Waals surface area (Å²) in [6.45, 7) is 3.04. The lowest BCUT2D eigenvalue weighted by Gasteiger charge is -2.16. The maximum Gasteiger partial charge on any atom is 0.436 e. The summed E-state index contributed by atoms with van der Waals surface area (Å²) >= 11 is 5.83. The molecule has 3 aromatic rings. The molecule has 168 valence electrons. The fourth-order valence-corrected chi connectivity index (χ4v) is 3.13. The van der Waals surface area contributed by atoms with Gasteiger partial charge in [0.2, 0.25) is 5.88 Å². The van der Waals surface area contributed by atoms with Crippen LogP contribution in [0.2, 0.25) is 5.02 Å². The highest BCUT2D eigenvalue weighted by Crippen LogP contribution is 2.37. The molecular weight excluding hydrogens is 447 g/mol. The second-order valence-corrected chi connectivity index (χ2v) is 7.52. The summed E-state index contributed by atoms with van der Waals surface area (Å²) in [6.07, 6.45) is -4.88. The molecule has 0 bridgehead atoms. The molecule has 0 saturated carbocycles. The molecular formula is C22H19ClF3N3O3. The summed E-state index contributed by atoms with van der Waals surface area (Å²) in [5.74, 6) is -1.30. The largest absolute Gasteiger partial charge is 0.438 e. The van der Waals surface area contributed by atoms with Crippen LogP contribution >= 0.6 is 11.6 Å². The van der Waals surface area contributed by atoms with Crippen molar-refractivity contribution >= 4 is 23.3 Å². The summed E-state index contributed by atoms with van der Waals surface area (Å²) < 4.78 is 47.3. The highest BCUT2D eigenvalue weighted by atomic mass is 35.5. The van der Waals surface area contributed by atoms with E-state index in [2.05, 4.69) is 10.4 Å². The van der Waals surface area contributed by atoms with E-state index < -0.39 is 29.4 Å². The molecule has 0 radical (unpaired) electrons. The van der Waals surface area contributed by atoms with Crippen LogP contribution < -0.4 is 10.1 Å². The van der Waals surface area contributed by atoms with E-state index in [0.29, 0.717) is 16.1 Å². The van der Waals surface area contributed by atoms with E-state index in [0.717, 1.165) is 4.68 Å². The molecule has 0 aliphatic rings. The van der Waals surface area contributed by atoms with Gasteiger partial charge in [0.15, 0.2) is 11.5 Å². The third kappa shape index (κ3) is 5.11. The third-order valence-corrected chi connectivity index (χ3v) is 4.94. The Morgan fingerprint density at radius 2 is 1.69 bits per heavy atom. The molecule has 0 unspecified atom stereocenters. The van der Waals surface area contributed by atoms with Gasteiger partial charge >= 0.3 is 6.18 Å². The first kappa shape index (κ1) is 23.3. The van der Waals surface area contributed by atoms with Crippen molar-refractivity contribution in [3.05, 3.63) is 75.9 Å². The first-order chi connectivity index (χ1) is 15.0.